The number of aliphatic hydroxyl groups is 1. The van der Waals surface area contributed by atoms with Crippen LogP contribution in [0.25, 0.3) is 0 Å². The molecule has 0 saturated carbocycles. The van der Waals surface area contributed by atoms with Gasteiger partial charge in [0.15, 0.2) is 17.7 Å². The molecule has 0 spiro atoms. The van der Waals surface area contributed by atoms with Gasteiger partial charge < -0.3 is 30.8 Å². The topological polar surface area (TPSA) is 135 Å². The summed E-state index contributed by atoms with van der Waals surface area (Å²) in [6, 6.07) is 0. The summed E-state index contributed by atoms with van der Waals surface area (Å²) < 4.78 is 18.8. The number of hydrogen-bond acceptors (Lipinski definition) is 7. The fourth-order valence-electron chi connectivity index (χ4n) is 2.79. The van der Waals surface area contributed by atoms with Crippen molar-refractivity contribution >= 4 is 11.7 Å². The molecule has 0 aliphatic carbocycles. The summed E-state index contributed by atoms with van der Waals surface area (Å²) in [6.07, 6.45) is -0.704. The van der Waals surface area contributed by atoms with Crippen LogP contribution in [0.15, 0.2) is 6.33 Å². The number of fused-ring (bicyclic) bond motifs is 1. The lowest BCUT2D eigenvalue weighted by Gasteiger charge is -2.24. The smallest absolute Gasteiger partial charge is 0.271 e. The number of nitrogens with zero attached hydrogens (tertiary/aromatic N) is 2. The van der Waals surface area contributed by atoms with E-state index in [9.17, 15) is 9.90 Å². The molecular weight excluding hydrogens is 280 g/mol. The SMILES string of the molecule is CC1(C)O[C@H]2[C@H](O1)[C@H](n1cnc(C(N)=O)c1N)O[C@H]2CO. The Morgan fingerprint density at radius 2 is 2.14 bits per heavy atom. The summed E-state index contributed by atoms with van der Waals surface area (Å²) in [5, 5.41) is 9.42. The molecule has 2 fully saturated rings. The summed E-state index contributed by atoms with van der Waals surface area (Å²) in [5.41, 5.74) is 11.1. The van der Waals surface area contributed by atoms with Crippen LogP contribution in [-0.4, -0.2) is 51.3 Å². The molecule has 5 N–H and O–H groups in total. The fraction of sp³-hybridized carbons (Fsp3) is 0.667. The predicted molar refractivity (Wildman–Crippen MR) is 70.0 cm³/mol. The molecule has 2 aliphatic rings. The Morgan fingerprint density at radius 1 is 1.48 bits per heavy atom. The summed E-state index contributed by atoms with van der Waals surface area (Å²) in [5.74, 6) is -1.41. The van der Waals surface area contributed by atoms with Gasteiger partial charge in [-0.3, -0.25) is 9.36 Å². The molecule has 2 saturated heterocycles. The highest BCUT2D eigenvalue weighted by molar-refractivity contribution is 5.95. The van der Waals surface area contributed by atoms with Gasteiger partial charge in [0.1, 0.15) is 24.1 Å². The summed E-state index contributed by atoms with van der Waals surface area (Å²) in [6.45, 7) is 3.35. The number of nitrogen functional groups attached to an aromatic ring is 1. The first-order chi connectivity index (χ1) is 9.84. The van der Waals surface area contributed by atoms with Crippen LogP contribution in [0.4, 0.5) is 5.82 Å². The highest BCUT2D eigenvalue weighted by Crippen LogP contribution is 2.43. The molecule has 9 nitrogen and oxygen atoms in total. The van der Waals surface area contributed by atoms with E-state index in [-0.39, 0.29) is 18.1 Å². The van der Waals surface area contributed by atoms with Crippen molar-refractivity contribution in [2.75, 3.05) is 12.3 Å². The Hall–Kier alpha value is -1.68. The molecule has 116 valence electrons. The number of aliphatic hydroxyl groups excluding tert-OH is 1. The van der Waals surface area contributed by atoms with Crippen LogP contribution in [0.2, 0.25) is 0 Å². The summed E-state index contributed by atoms with van der Waals surface area (Å²) in [4.78, 5) is 15.1. The molecule has 1 amide bonds. The van der Waals surface area contributed by atoms with E-state index in [1.165, 1.54) is 10.9 Å². The van der Waals surface area contributed by atoms with Crippen molar-refractivity contribution in [2.45, 2.75) is 44.2 Å². The largest absolute Gasteiger partial charge is 0.394 e. The Balaban J connectivity index is 1.94. The molecule has 3 heterocycles. The van der Waals surface area contributed by atoms with Gasteiger partial charge in [0.2, 0.25) is 0 Å². The zero-order valence-electron chi connectivity index (χ0n) is 11.7. The third-order valence-corrected chi connectivity index (χ3v) is 3.64. The number of nitrogens with two attached hydrogens (primary N) is 2. The van der Waals surface area contributed by atoms with E-state index < -0.39 is 36.2 Å². The van der Waals surface area contributed by atoms with Crippen LogP contribution in [-0.2, 0) is 14.2 Å². The monoisotopic (exact) mass is 298 g/mol. The van der Waals surface area contributed by atoms with Crippen molar-refractivity contribution in [2.24, 2.45) is 5.73 Å². The fourth-order valence-corrected chi connectivity index (χ4v) is 2.79. The molecule has 2 aliphatic heterocycles. The van der Waals surface area contributed by atoms with Crippen LogP contribution in [0.3, 0.4) is 0 Å². The number of primary amides is 1. The van der Waals surface area contributed by atoms with Crippen molar-refractivity contribution in [3.8, 4) is 0 Å². The molecule has 21 heavy (non-hydrogen) atoms. The minimum Gasteiger partial charge on any atom is -0.394 e. The molecule has 1 aromatic rings. The minimum absolute atomic E-state index is 0.0271. The molecule has 0 bridgehead atoms. The molecule has 0 aromatic carbocycles. The number of ether oxygens (including phenoxy) is 3. The number of hydrogen-bond donors (Lipinski definition) is 3. The van der Waals surface area contributed by atoms with Gasteiger partial charge in [-0.25, -0.2) is 4.98 Å². The average Bonchev–Trinajstić information content (AvgIpc) is 3.00. The normalized spacial score (nSPS) is 34.0. The first kappa shape index (κ1) is 14.3. The van der Waals surface area contributed by atoms with Crippen LogP contribution in [0.5, 0.6) is 0 Å². The molecule has 0 unspecified atom stereocenters. The van der Waals surface area contributed by atoms with Crippen LogP contribution >= 0.6 is 0 Å². The van der Waals surface area contributed by atoms with Gasteiger partial charge in [-0.05, 0) is 13.8 Å². The van der Waals surface area contributed by atoms with Crippen molar-refractivity contribution in [3.63, 3.8) is 0 Å². The highest BCUT2D eigenvalue weighted by atomic mass is 16.8. The molecule has 4 atom stereocenters. The van der Waals surface area contributed by atoms with Gasteiger partial charge in [-0.15, -0.1) is 0 Å². The standard InChI is InChI=1S/C12H18N4O5/c1-12(2)20-7-5(3-17)19-11(8(7)21-12)16-4-15-6(9(16)13)10(14)18/h4-5,7-8,11,17H,3,13H2,1-2H3,(H2,14,18)/t5-,7+,8-,11+/m0/s1. The number of imidazole rings is 1. The van der Waals surface area contributed by atoms with Crippen LogP contribution in [0, 0.1) is 0 Å². The second kappa shape index (κ2) is 4.67. The Labute approximate surface area is 120 Å². The van der Waals surface area contributed by atoms with E-state index in [1.54, 1.807) is 13.8 Å². The number of amides is 1. The quantitative estimate of drug-likeness (QED) is 0.649. The van der Waals surface area contributed by atoms with Gasteiger partial charge in [-0.2, -0.15) is 0 Å². The molecule has 3 rings (SSSR count). The third-order valence-electron chi connectivity index (χ3n) is 3.64. The number of rotatable bonds is 3. The second-order valence-electron chi connectivity index (χ2n) is 5.56. The molecule has 0 radical (unpaired) electrons. The average molecular weight is 298 g/mol. The van der Waals surface area contributed by atoms with Gasteiger partial charge in [0.05, 0.1) is 12.9 Å². The third kappa shape index (κ3) is 2.18. The van der Waals surface area contributed by atoms with E-state index in [4.69, 9.17) is 25.7 Å². The van der Waals surface area contributed by atoms with Crippen molar-refractivity contribution < 1.29 is 24.1 Å². The number of anilines is 1. The number of aromatic nitrogens is 2. The Morgan fingerprint density at radius 3 is 2.71 bits per heavy atom. The molecule has 1 aromatic heterocycles. The lowest BCUT2D eigenvalue weighted by molar-refractivity contribution is -0.199. The second-order valence-corrected chi connectivity index (χ2v) is 5.56. The Bertz CT molecular complexity index is 572. The maximum absolute atomic E-state index is 11.2. The van der Waals surface area contributed by atoms with Crippen molar-refractivity contribution in [1.82, 2.24) is 9.55 Å². The van der Waals surface area contributed by atoms with Crippen LogP contribution < -0.4 is 11.5 Å². The lowest BCUT2D eigenvalue weighted by atomic mass is 10.1. The highest BCUT2D eigenvalue weighted by Gasteiger charge is 2.56. The first-order valence-electron chi connectivity index (χ1n) is 6.58. The molecular formula is C12H18N4O5. The number of carbonyl (C=O) groups excluding carboxylic acids is 1. The minimum atomic E-state index is -0.785. The van der Waals surface area contributed by atoms with E-state index in [1.807, 2.05) is 0 Å². The maximum atomic E-state index is 11.2. The first-order valence-corrected chi connectivity index (χ1v) is 6.58. The number of carbonyl (C=O) groups is 1. The van der Waals surface area contributed by atoms with E-state index in [0.29, 0.717) is 0 Å². The Kier molecular flexibility index (Phi) is 3.17. The zero-order valence-corrected chi connectivity index (χ0v) is 11.7. The van der Waals surface area contributed by atoms with Gasteiger partial charge >= 0.3 is 0 Å². The lowest BCUT2D eigenvalue weighted by Crippen LogP contribution is -2.31. The maximum Gasteiger partial charge on any atom is 0.271 e. The van der Waals surface area contributed by atoms with Gasteiger partial charge in [0.25, 0.3) is 5.91 Å². The predicted octanol–water partition coefficient (Wildman–Crippen LogP) is -1.03. The zero-order chi connectivity index (χ0) is 15.4. The van der Waals surface area contributed by atoms with Gasteiger partial charge in [-0.1, -0.05) is 0 Å². The van der Waals surface area contributed by atoms with E-state index in [0.717, 1.165) is 0 Å². The van der Waals surface area contributed by atoms with E-state index >= 15 is 0 Å². The van der Waals surface area contributed by atoms with Crippen molar-refractivity contribution in [1.29, 1.82) is 0 Å². The summed E-state index contributed by atoms with van der Waals surface area (Å²) in [7, 11) is 0. The van der Waals surface area contributed by atoms with Crippen molar-refractivity contribution in [3.05, 3.63) is 12.0 Å². The van der Waals surface area contributed by atoms with Gasteiger partial charge in [0, 0.05) is 0 Å². The van der Waals surface area contributed by atoms with E-state index in [2.05, 4.69) is 4.98 Å². The molecule has 9 heteroatoms. The summed E-state index contributed by atoms with van der Waals surface area (Å²) >= 11 is 0. The van der Waals surface area contributed by atoms with Crippen LogP contribution in [0.1, 0.15) is 30.6 Å².